The second kappa shape index (κ2) is 8.63. The smallest absolute Gasteiger partial charge is 0.354 e. The van der Waals surface area contributed by atoms with Crippen LogP contribution >= 0.6 is 0 Å². The molecule has 1 saturated heterocycles. The highest BCUT2D eigenvalue weighted by atomic mass is 19.4. The number of aromatic nitrogens is 1. The van der Waals surface area contributed by atoms with Gasteiger partial charge in [-0.05, 0) is 12.1 Å². The molecular weight excluding hydrogens is 396 g/mol. The summed E-state index contributed by atoms with van der Waals surface area (Å²) in [4.78, 5) is 30.1. The maximum atomic E-state index is 12.5. The summed E-state index contributed by atoms with van der Waals surface area (Å²) in [7, 11) is 0. The SMILES string of the molecule is O=C(CN1CCN(c2ccc(C(F)(F)F)cn2)CC1)NC(=O)NCC(F)(F)F. The monoisotopic (exact) mass is 413 g/mol. The minimum atomic E-state index is -4.58. The Kier molecular flexibility index (Phi) is 6.69. The van der Waals surface area contributed by atoms with E-state index in [1.165, 1.54) is 11.4 Å². The molecule has 0 bridgehead atoms. The number of hydrogen-bond acceptors (Lipinski definition) is 5. The zero-order chi connectivity index (χ0) is 20.9. The number of urea groups is 1. The van der Waals surface area contributed by atoms with E-state index in [0.717, 1.165) is 12.3 Å². The van der Waals surface area contributed by atoms with Crippen molar-refractivity contribution in [1.29, 1.82) is 0 Å². The third kappa shape index (κ3) is 6.87. The first-order valence-corrected chi connectivity index (χ1v) is 8.09. The van der Waals surface area contributed by atoms with Gasteiger partial charge in [0.15, 0.2) is 0 Å². The van der Waals surface area contributed by atoms with E-state index in [2.05, 4.69) is 4.98 Å². The molecule has 0 aliphatic carbocycles. The van der Waals surface area contributed by atoms with Crippen molar-refractivity contribution in [3.63, 3.8) is 0 Å². The number of carbonyl (C=O) groups excluding carboxylic acids is 2. The van der Waals surface area contributed by atoms with E-state index in [-0.39, 0.29) is 6.54 Å². The molecule has 0 saturated carbocycles. The summed E-state index contributed by atoms with van der Waals surface area (Å²) >= 11 is 0. The van der Waals surface area contributed by atoms with Crippen molar-refractivity contribution in [2.24, 2.45) is 0 Å². The average molecular weight is 413 g/mol. The minimum Gasteiger partial charge on any atom is -0.354 e. The quantitative estimate of drug-likeness (QED) is 0.734. The highest BCUT2D eigenvalue weighted by Crippen LogP contribution is 2.29. The van der Waals surface area contributed by atoms with Crippen molar-refractivity contribution < 1.29 is 35.9 Å². The highest BCUT2D eigenvalue weighted by Gasteiger charge is 2.31. The Balaban J connectivity index is 1.76. The number of anilines is 1. The normalized spacial score (nSPS) is 16.0. The van der Waals surface area contributed by atoms with Crippen LogP contribution in [0.15, 0.2) is 18.3 Å². The standard InChI is InChI=1S/C15H17F6N5O2/c16-14(17,18)9-23-13(28)24-12(27)8-25-3-5-26(6-4-25)11-2-1-10(7-22-11)15(19,20)21/h1-2,7H,3-6,8-9H2,(H2,23,24,27,28). The Bertz CT molecular complexity index is 684. The molecule has 1 aliphatic rings. The van der Waals surface area contributed by atoms with Crippen molar-refractivity contribution in [2.75, 3.05) is 44.2 Å². The number of alkyl halides is 6. The molecule has 28 heavy (non-hydrogen) atoms. The molecule has 1 aromatic heterocycles. The van der Waals surface area contributed by atoms with Gasteiger partial charge in [0.25, 0.3) is 0 Å². The first-order valence-electron chi connectivity index (χ1n) is 8.09. The highest BCUT2D eigenvalue weighted by molar-refractivity contribution is 5.95. The van der Waals surface area contributed by atoms with Crippen LogP contribution in [-0.2, 0) is 11.0 Å². The molecule has 0 unspecified atom stereocenters. The minimum absolute atomic E-state index is 0.201. The van der Waals surface area contributed by atoms with Gasteiger partial charge in [-0.25, -0.2) is 9.78 Å². The lowest BCUT2D eigenvalue weighted by molar-refractivity contribution is -0.137. The number of nitrogens with one attached hydrogen (secondary N) is 2. The van der Waals surface area contributed by atoms with Crippen molar-refractivity contribution in [2.45, 2.75) is 12.4 Å². The molecule has 13 heteroatoms. The number of hydrogen-bond donors (Lipinski definition) is 2. The first kappa shape index (κ1) is 21.7. The van der Waals surface area contributed by atoms with E-state index in [0.29, 0.717) is 32.0 Å². The molecule has 7 nitrogen and oxygen atoms in total. The van der Waals surface area contributed by atoms with Gasteiger partial charge in [-0.3, -0.25) is 15.0 Å². The first-order chi connectivity index (χ1) is 12.9. The Morgan fingerprint density at radius 2 is 1.68 bits per heavy atom. The van der Waals surface area contributed by atoms with Crippen molar-refractivity contribution in [1.82, 2.24) is 20.5 Å². The van der Waals surface area contributed by atoms with E-state index < -0.39 is 36.4 Å². The predicted molar refractivity (Wildman–Crippen MR) is 85.5 cm³/mol. The summed E-state index contributed by atoms with van der Waals surface area (Å²) in [5.41, 5.74) is -0.852. The lowest BCUT2D eigenvalue weighted by Gasteiger charge is -2.35. The van der Waals surface area contributed by atoms with Crippen molar-refractivity contribution in [3.05, 3.63) is 23.9 Å². The molecular formula is C15H17F6N5O2. The number of nitrogens with zero attached hydrogens (tertiary/aromatic N) is 3. The van der Waals surface area contributed by atoms with Gasteiger partial charge in [0.2, 0.25) is 5.91 Å². The maximum Gasteiger partial charge on any atom is 0.417 e. The Labute approximate surface area is 155 Å². The molecule has 1 aliphatic heterocycles. The van der Waals surface area contributed by atoms with Gasteiger partial charge in [-0.1, -0.05) is 0 Å². The van der Waals surface area contributed by atoms with Gasteiger partial charge in [-0.15, -0.1) is 0 Å². The lowest BCUT2D eigenvalue weighted by Crippen LogP contribution is -2.51. The van der Waals surface area contributed by atoms with Crippen molar-refractivity contribution >= 4 is 17.8 Å². The number of imide groups is 1. The molecule has 3 amide bonds. The number of carbonyl (C=O) groups is 2. The van der Waals surface area contributed by atoms with Crippen LogP contribution in [-0.4, -0.2) is 67.3 Å². The molecule has 2 rings (SSSR count). The van der Waals surface area contributed by atoms with Crippen LogP contribution in [0.5, 0.6) is 0 Å². The van der Waals surface area contributed by atoms with E-state index in [1.54, 1.807) is 15.1 Å². The topological polar surface area (TPSA) is 77.6 Å². The molecule has 1 aromatic rings. The fourth-order valence-electron chi connectivity index (χ4n) is 2.47. The van der Waals surface area contributed by atoms with Gasteiger partial charge >= 0.3 is 18.4 Å². The summed E-state index contributed by atoms with van der Waals surface area (Å²) in [6.07, 6.45) is -8.30. The summed E-state index contributed by atoms with van der Waals surface area (Å²) in [6, 6.07) is 0.952. The maximum absolute atomic E-state index is 12.5. The number of amides is 3. The van der Waals surface area contributed by atoms with Gasteiger partial charge in [0.1, 0.15) is 12.4 Å². The van der Waals surface area contributed by atoms with Crippen LogP contribution in [0.1, 0.15) is 5.56 Å². The Morgan fingerprint density at radius 1 is 1.04 bits per heavy atom. The second-order valence-corrected chi connectivity index (χ2v) is 6.01. The lowest BCUT2D eigenvalue weighted by atomic mass is 10.2. The van der Waals surface area contributed by atoms with E-state index in [1.807, 2.05) is 0 Å². The molecule has 156 valence electrons. The van der Waals surface area contributed by atoms with Crippen LogP contribution < -0.4 is 15.5 Å². The molecule has 2 heterocycles. The van der Waals surface area contributed by atoms with Crippen LogP contribution in [0.2, 0.25) is 0 Å². The molecule has 0 spiro atoms. The van der Waals surface area contributed by atoms with Gasteiger partial charge < -0.3 is 10.2 Å². The van der Waals surface area contributed by atoms with E-state index >= 15 is 0 Å². The molecule has 2 N–H and O–H groups in total. The van der Waals surface area contributed by atoms with Crippen LogP contribution in [0.4, 0.5) is 37.0 Å². The second-order valence-electron chi connectivity index (χ2n) is 6.01. The number of pyridine rings is 1. The van der Waals surface area contributed by atoms with E-state index in [9.17, 15) is 35.9 Å². The number of halogens is 6. The third-order valence-electron chi connectivity index (χ3n) is 3.84. The number of rotatable bonds is 4. The number of piperazine rings is 1. The van der Waals surface area contributed by atoms with Crippen molar-refractivity contribution in [3.8, 4) is 0 Å². The summed E-state index contributed by atoms with van der Waals surface area (Å²) in [5, 5.41) is 3.32. The van der Waals surface area contributed by atoms with E-state index in [4.69, 9.17) is 0 Å². The predicted octanol–water partition coefficient (Wildman–Crippen LogP) is 1.61. The van der Waals surface area contributed by atoms with Crippen LogP contribution in [0, 0.1) is 0 Å². The molecule has 1 fully saturated rings. The summed E-state index contributed by atoms with van der Waals surface area (Å²) in [5.74, 6) is -0.399. The van der Waals surface area contributed by atoms with Gasteiger partial charge in [-0.2, -0.15) is 26.3 Å². The average Bonchev–Trinajstić information content (AvgIpc) is 2.59. The van der Waals surface area contributed by atoms with Gasteiger partial charge in [0, 0.05) is 32.4 Å². The molecule has 0 radical (unpaired) electrons. The van der Waals surface area contributed by atoms with Gasteiger partial charge in [0.05, 0.1) is 12.1 Å². The molecule has 0 aromatic carbocycles. The molecule has 0 atom stereocenters. The zero-order valence-electron chi connectivity index (χ0n) is 14.4. The Morgan fingerprint density at radius 3 is 2.18 bits per heavy atom. The summed E-state index contributed by atoms with van der Waals surface area (Å²) in [6.45, 7) is -0.267. The zero-order valence-corrected chi connectivity index (χ0v) is 14.4. The van der Waals surface area contributed by atoms with Crippen LogP contribution in [0.3, 0.4) is 0 Å². The Hall–Kier alpha value is -2.57. The largest absolute Gasteiger partial charge is 0.417 e. The third-order valence-corrected chi connectivity index (χ3v) is 3.84. The van der Waals surface area contributed by atoms with Crippen LogP contribution in [0.25, 0.3) is 0 Å². The summed E-state index contributed by atoms with van der Waals surface area (Å²) < 4.78 is 73.6. The fourth-order valence-corrected chi connectivity index (χ4v) is 2.47. The fraction of sp³-hybridized carbons (Fsp3) is 0.533.